The predicted octanol–water partition coefficient (Wildman–Crippen LogP) is 8.01. The Labute approximate surface area is 369 Å². The third kappa shape index (κ3) is 12.9. The molecule has 3 aliphatic rings. The van der Waals surface area contributed by atoms with E-state index in [0.717, 1.165) is 6.07 Å². The second-order valence-corrected chi connectivity index (χ2v) is 21.5. The molecule has 0 spiro atoms. The van der Waals surface area contributed by atoms with Crippen LogP contribution < -0.4 is 24.6 Å². The van der Waals surface area contributed by atoms with E-state index >= 15 is 0 Å². The molecule has 2 amide bonds. The van der Waals surface area contributed by atoms with Crippen LogP contribution in [0.25, 0.3) is 0 Å². The van der Waals surface area contributed by atoms with E-state index in [4.69, 9.17) is 41.9 Å². The van der Waals surface area contributed by atoms with Gasteiger partial charge in [0.2, 0.25) is 5.91 Å². The van der Waals surface area contributed by atoms with Crippen molar-refractivity contribution in [3.8, 4) is 17.2 Å². The molecular formula is C42H52Cl2F2N2O12P2. The molecule has 2 atom stereocenters. The number of carbonyl (C=O) groups is 3. The van der Waals surface area contributed by atoms with E-state index in [0.29, 0.717) is 48.1 Å². The van der Waals surface area contributed by atoms with E-state index in [2.05, 4.69) is 10.6 Å². The normalized spacial score (nSPS) is 20.8. The van der Waals surface area contributed by atoms with Crippen LogP contribution >= 0.6 is 38.4 Å². The van der Waals surface area contributed by atoms with Crippen LogP contribution in [0.5, 0.6) is 17.2 Å². The van der Waals surface area contributed by atoms with Gasteiger partial charge in [-0.05, 0) is 99.4 Å². The summed E-state index contributed by atoms with van der Waals surface area (Å²) in [6.07, 6.45) is 0.684. The summed E-state index contributed by atoms with van der Waals surface area (Å²) in [4.78, 5) is 70.4. The van der Waals surface area contributed by atoms with Gasteiger partial charge in [0.25, 0.3) is 5.91 Å². The number of phosphoric acid groups is 1. The van der Waals surface area contributed by atoms with Crippen molar-refractivity contribution in [2.24, 2.45) is 0 Å². The summed E-state index contributed by atoms with van der Waals surface area (Å²) < 4.78 is 75.1. The number of amides is 2. The Morgan fingerprint density at radius 2 is 1.55 bits per heavy atom. The molecule has 3 saturated carbocycles. The zero-order valence-corrected chi connectivity index (χ0v) is 38.3. The molecule has 3 aromatic carbocycles. The monoisotopic (exact) mass is 946 g/mol. The lowest BCUT2D eigenvalue weighted by molar-refractivity contribution is -0.167. The first-order chi connectivity index (χ1) is 28.8. The zero-order chi connectivity index (χ0) is 45.8. The number of benzene rings is 3. The Kier molecular flexibility index (Phi) is 15.5. The molecule has 5 N–H and O–H groups in total. The highest BCUT2D eigenvalue weighted by Gasteiger charge is 2.57. The van der Waals surface area contributed by atoms with Crippen LogP contribution in [-0.4, -0.2) is 75.7 Å². The van der Waals surface area contributed by atoms with Crippen LogP contribution in [0, 0.1) is 25.5 Å². The van der Waals surface area contributed by atoms with Gasteiger partial charge in [-0.2, -0.15) is 0 Å². The maximum atomic E-state index is 14.2. The maximum Gasteiger partial charge on any atom is 0.524 e. The quantitative estimate of drug-likeness (QED) is 0.0440. The van der Waals surface area contributed by atoms with Gasteiger partial charge in [0, 0.05) is 48.3 Å². The van der Waals surface area contributed by atoms with Gasteiger partial charge in [-0.1, -0.05) is 43.1 Å². The number of ether oxygens (including phenoxy) is 3. The summed E-state index contributed by atoms with van der Waals surface area (Å²) in [5.41, 5.74) is -1.44. The molecule has 0 aromatic heterocycles. The lowest BCUT2D eigenvalue weighted by Crippen LogP contribution is -2.71. The zero-order valence-electron chi connectivity index (χ0n) is 35.0. The standard InChI is InChI=1S/C42H52Cl2F2N2O12P2/c1-25-19-33(60-62(54,55)56)38(26(2)39(25)57-17-6-18-61(5,52)53)40(3,4)23-37(51)59-34-22-41(47-36(50)24-58-28-9-11-30(44)32(46)21-28)13-15-42(34,16-14-41)48-35(49)12-8-27-7-10-29(43)31(45)20-27/h7,9-11,19-21,34H,6,8,12-18,22-24H2,1-5H3,(H,47,50)(H,48,49)(H,52,53)(H2,54,55,56)/t34-,41?,42?/m0/s1. The van der Waals surface area contributed by atoms with Crippen LogP contribution in [0.1, 0.15) is 87.5 Å². The van der Waals surface area contributed by atoms with E-state index < -0.39 is 67.9 Å². The lowest BCUT2D eigenvalue weighted by Gasteiger charge is -2.57. The molecule has 3 fully saturated rings. The SMILES string of the molecule is Cc1cc(OP(=O)(O)O)c(C(C)(C)CC(=O)O[C@H]2CC3(NC(=O)COc4ccc(Cl)c(F)c4)CCC2(NC(=O)CCc2ccc(Cl)c(F)c2)CC3)c(C)c1OCCCP(C)(=O)O. The third-order valence-electron chi connectivity index (χ3n) is 11.4. The largest absolute Gasteiger partial charge is 0.524 e. The van der Waals surface area contributed by atoms with Crippen molar-refractivity contribution < 1.29 is 65.7 Å². The fourth-order valence-corrected chi connectivity index (χ4v) is 9.85. The van der Waals surface area contributed by atoms with Crippen molar-refractivity contribution in [3.05, 3.63) is 86.4 Å². The number of aryl methyl sites for hydroxylation is 2. The molecular weight excluding hydrogens is 895 g/mol. The van der Waals surface area contributed by atoms with Crippen LogP contribution in [-0.2, 0) is 40.1 Å². The number of esters is 1. The van der Waals surface area contributed by atoms with E-state index in [9.17, 15) is 47.0 Å². The molecule has 340 valence electrons. The van der Waals surface area contributed by atoms with Crippen LogP contribution in [0.3, 0.4) is 0 Å². The number of nitrogens with one attached hydrogen (secondary N) is 2. The van der Waals surface area contributed by atoms with Crippen molar-refractivity contribution in [1.29, 1.82) is 0 Å². The molecule has 3 aliphatic carbocycles. The second-order valence-electron chi connectivity index (χ2n) is 17.0. The summed E-state index contributed by atoms with van der Waals surface area (Å²) in [5, 5.41) is 5.99. The second kappa shape index (κ2) is 19.6. The van der Waals surface area contributed by atoms with Gasteiger partial charge in [-0.15, -0.1) is 0 Å². The van der Waals surface area contributed by atoms with Gasteiger partial charge in [0.15, 0.2) is 14.0 Å². The van der Waals surface area contributed by atoms with E-state index in [1.807, 2.05) is 0 Å². The minimum absolute atomic E-state index is 0.0156. The number of hydrogen-bond donors (Lipinski definition) is 5. The van der Waals surface area contributed by atoms with Gasteiger partial charge < -0.3 is 34.3 Å². The topological polar surface area (TPSA) is 207 Å². The number of halogens is 4. The molecule has 62 heavy (non-hydrogen) atoms. The highest BCUT2D eigenvalue weighted by Crippen LogP contribution is 2.51. The Morgan fingerprint density at radius 1 is 0.903 bits per heavy atom. The Morgan fingerprint density at radius 3 is 2.16 bits per heavy atom. The minimum atomic E-state index is -5.10. The molecule has 20 heteroatoms. The number of carbonyl (C=O) groups excluding carboxylic acids is 3. The van der Waals surface area contributed by atoms with E-state index in [1.165, 1.54) is 37.0 Å². The fourth-order valence-electron chi connectivity index (χ4n) is 8.50. The molecule has 0 heterocycles. The van der Waals surface area contributed by atoms with Crippen molar-refractivity contribution in [2.75, 3.05) is 26.0 Å². The highest BCUT2D eigenvalue weighted by molar-refractivity contribution is 7.57. The number of hydrogen-bond acceptors (Lipinski definition) is 9. The molecule has 3 aromatic rings. The lowest BCUT2D eigenvalue weighted by atomic mass is 9.59. The predicted molar refractivity (Wildman–Crippen MR) is 228 cm³/mol. The number of phosphoric ester groups is 1. The van der Waals surface area contributed by atoms with Crippen molar-refractivity contribution in [1.82, 2.24) is 10.6 Å². The molecule has 0 saturated heterocycles. The van der Waals surface area contributed by atoms with Gasteiger partial charge in [-0.3, -0.25) is 28.7 Å². The maximum absolute atomic E-state index is 14.2. The summed E-state index contributed by atoms with van der Waals surface area (Å²) in [6, 6.07) is 9.47. The molecule has 6 rings (SSSR count). The third-order valence-corrected chi connectivity index (χ3v) is 13.5. The van der Waals surface area contributed by atoms with E-state index in [-0.39, 0.29) is 77.9 Å². The minimum Gasteiger partial charge on any atom is -0.493 e. The first kappa shape index (κ1) is 49.3. The average Bonchev–Trinajstić information content (AvgIpc) is 3.14. The number of rotatable bonds is 19. The molecule has 1 unspecified atom stereocenters. The molecule has 2 bridgehead atoms. The smallest absolute Gasteiger partial charge is 0.493 e. The Balaban J connectivity index is 1.38. The highest BCUT2D eigenvalue weighted by atomic mass is 35.5. The summed E-state index contributed by atoms with van der Waals surface area (Å²) in [7, 11) is -8.39. The summed E-state index contributed by atoms with van der Waals surface area (Å²) >= 11 is 11.6. The van der Waals surface area contributed by atoms with Gasteiger partial charge >= 0.3 is 13.8 Å². The van der Waals surface area contributed by atoms with Gasteiger partial charge in [-0.25, -0.2) is 13.3 Å². The van der Waals surface area contributed by atoms with Crippen LogP contribution in [0.15, 0.2) is 42.5 Å². The Bertz CT molecular complexity index is 2280. The van der Waals surface area contributed by atoms with Crippen molar-refractivity contribution >= 4 is 56.2 Å². The van der Waals surface area contributed by atoms with Gasteiger partial charge in [0.1, 0.15) is 35.0 Å². The Hall–Kier alpha value is -3.75. The molecule has 14 nitrogen and oxygen atoms in total. The average molecular weight is 948 g/mol. The summed E-state index contributed by atoms with van der Waals surface area (Å²) in [5.74, 6) is -2.67. The summed E-state index contributed by atoms with van der Waals surface area (Å²) in [6.45, 7) is 7.49. The number of fused-ring (bicyclic) bond motifs is 3. The van der Waals surface area contributed by atoms with E-state index in [1.54, 1.807) is 33.8 Å². The van der Waals surface area contributed by atoms with Crippen molar-refractivity contribution in [3.63, 3.8) is 0 Å². The molecule has 0 radical (unpaired) electrons. The van der Waals surface area contributed by atoms with Crippen molar-refractivity contribution in [2.45, 2.75) is 108 Å². The fraction of sp³-hybridized carbons (Fsp3) is 0.500. The van der Waals surface area contributed by atoms with Gasteiger partial charge in [0.05, 0.1) is 28.6 Å². The van der Waals surface area contributed by atoms with Crippen LogP contribution in [0.2, 0.25) is 10.0 Å². The molecule has 0 aliphatic heterocycles. The first-order valence-corrected chi connectivity index (χ1v) is 24.5. The first-order valence-electron chi connectivity index (χ1n) is 19.9. The van der Waals surface area contributed by atoms with Crippen LogP contribution in [0.4, 0.5) is 8.78 Å².